The van der Waals surface area contributed by atoms with Crippen LogP contribution < -0.4 is 0 Å². The number of amides is 1. The molecule has 1 fully saturated rings. The third-order valence-corrected chi connectivity index (χ3v) is 3.00. The molecule has 0 N–H and O–H groups in total. The number of alkyl halides is 1. The van der Waals surface area contributed by atoms with Crippen molar-refractivity contribution in [3.63, 3.8) is 0 Å². The molecule has 2 atom stereocenters. The van der Waals surface area contributed by atoms with Gasteiger partial charge in [0.25, 0.3) is 5.91 Å². The fraction of sp³-hybridized carbons (Fsp3) is 0.333. The topological polar surface area (TPSA) is 86.1 Å². The molecule has 2 rings (SSSR count). The van der Waals surface area contributed by atoms with Gasteiger partial charge in [-0.2, -0.15) is 0 Å². The molecule has 0 unspecified atom stereocenters. The van der Waals surface area contributed by atoms with Crippen LogP contribution in [0.25, 0.3) is 10.4 Å². The summed E-state index contributed by atoms with van der Waals surface area (Å²) >= 11 is 0. The number of azide groups is 1. The number of rotatable bonds is 3. The van der Waals surface area contributed by atoms with Crippen molar-refractivity contribution in [2.75, 3.05) is 6.54 Å². The van der Waals surface area contributed by atoms with E-state index >= 15 is 0 Å². The first kappa shape index (κ1) is 13.0. The van der Waals surface area contributed by atoms with Crippen molar-refractivity contribution in [1.82, 2.24) is 4.90 Å². The fourth-order valence-corrected chi connectivity index (χ4v) is 2.12. The zero-order chi connectivity index (χ0) is 13.8. The Kier molecular flexibility index (Phi) is 3.77. The minimum Gasteiger partial charge on any atom is -0.326 e. The van der Waals surface area contributed by atoms with E-state index in [-0.39, 0.29) is 24.2 Å². The first-order chi connectivity index (χ1) is 9.17. The summed E-state index contributed by atoms with van der Waals surface area (Å²) in [5.41, 5.74) is 8.79. The van der Waals surface area contributed by atoms with Crippen molar-refractivity contribution in [3.05, 3.63) is 40.3 Å². The first-order valence-corrected chi connectivity index (χ1v) is 5.72. The van der Waals surface area contributed by atoms with E-state index in [9.17, 15) is 14.0 Å². The van der Waals surface area contributed by atoms with Gasteiger partial charge in [0.15, 0.2) is 0 Å². The standard InChI is InChI=1S/C12H11FN4O2/c13-8-5-9(7-18)17(6-8)12(19)10-3-1-2-4-11(10)15-16-14/h1-4,7-9H,5-6H2/t8-,9+/m1/s1. The highest BCUT2D eigenvalue weighted by atomic mass is 19.1. The van der Waals surface area contributed by atoms with Gasteiger partial charge in [0.2, 0.25) is 0 Å². The minimum atomic E-state index is -1.20. The van der Waals surface area contributed by atoms with Gasteiger partial charge in [-0.15, -0.1) is 0 Å². The lowest BCUT2D eigenvalue weighted by Gasteiger charge is -2.20. The molecule has 1 aromatic carbocycles. The molecule has 1 aromatic rings. The Labute approximate surface area is 108 Å². The summed E-state index contributed by atoms with van der Waals surface area (Å²) in [5, 5.41) is 3.42. The number of carbonyl (C=O) groups is 2. The summed E-state index contributed by atoms with van der Waals surface area (Å²) in [7, 11) is 0. The van der Waals surface area contributed by atoms with Crippen LogP contribution in [-0.2, 0) is 4.79 Å². The van der Waals surface area contributed by atoms with Crippen LogP contribution in [-0.4, -0.2) is 35.9 Å². The molecule has 98 valence electrons. The third-order valence-electron chi connectivity index (χ3n) is 3.00. The van der Waals surface area contributed by atoms with E-state index < -0.39 is 18.1 Å². The van der Waals surface area contributed by atoms with Crippen molar-refractivity contribution < 1.29 is 14.0 Å². The highest BCUT2D eigenvalue weighted by Gasteiger charge is 2.35. The monoisotopic (exact) mass is 262 g/mol. The van der Waals surface area contributed by atoms with Gasteiger partial charge >= 0.3 is 0 Å². The molecule has 6 nitrogen and oxygen atoms in total. The molecular weight excluding hydrogens is 251 g/mol. The van der Waals surface area contributed by atoms with Gasteiger partial charge in [-0.3, -0.25) is 4.79 Å². The van der Waals surface area contributed by atoms with Gasteiger partial charge < -0.3 is 9.69 Å². The zero-order valence-corrected chi connectivity index (χ0v) is 9.94. The second-order valence-electron chi connectivity index (χ2n) is 4.20. The van der Waals surface area contributed by atoms with Gasteiger partial charge in [-0.05, 0) is 11.6 Å². The maximum Gasteiger partial charge on any atom is 0.255 e. The van der Waals surface area contributed by atoms with Gasteiger partial charge in [0, 0.05) is 16.9 Å². The summed E-state index contributed by atoms with van der Waals surface area (Å²) in [5.74, 6) is -0.500. The number of carbonyl (C=O) groups excluding carboxylic acids is 2. The smallest absolute Gasteiger partial charge is 0.255 e. The maximum atomic E-state index is 13.3. The van der Waals surface area contributed by atoms with E-state index in [1.54, 1.807) is 12.1 Å². The zero-order valence-electron chi connectivity index (χ0n) is 9.94. The molecule has 19 heavy (non-hydrogen) atoms. The van der Waals surface area contributed by atoms with Crippen LogP contribution in [0.5, 0.6) is 0 Å². The number of benzene rings is 1. The number of likely N-dealkylation sites (tertiary alicyclic amines) is 1. The Morgan fingerprint density at radius 3 is 2.95 bits per heavy atom. The summed E-state index contributed by atoms with van der Waals surface area (Å²) in [6.45, 7) is -0.118. The number of halogens is 1. The Morgan fingerprint density at radius 2 is 2.26 bits per heavy atom. The predicted molar refractivity (Wildman–Crippen MR) is 65.6 cm³/mol. The summed E-state index contributed by atoms with van der Waals surface area (Å²) in [4.78, 5) is 27.0. The van der Waals surface area contributed by atoms with E-state index in [0.29, 0.717) is 6.29 Å². The van der Waals surface area contributed by atoms with Crippen LogP contribution in [0, 0.1) is 0 Å². The average Bonchev–Trinajstić information content (AvgIpc) is 2.80. The lowest BCUT2D eigenvalue weighted by atomic mass is 10.1. The first-order valence-electron chi connectivity index (χ1n) is 5.72. The van der Waals surface area contributed by atoms with E-state index in [4.69, 9.17) is 5.53 Å². The molecule has 0 spiro atoms. The quantitative estimate of drug-likeness (QED) is 0.362. The third kappa shape index (κ3) is 2.56. The second kappa shape index (κ2) is 5.49. The van der Waals surface area contributed by atoms with Gasteiger partial charge in [0.1, 0.15) is 12.5 Å². The van der Waals surface area contributed by atoms with E-state index in [2.05, 4.69) is 10.0 Å². The maximum absolute atomic E-state index is 13.3. The number of hydrogen-bond donors (Lipinski definition) is 0. The second-order valence-corrected chi connectivity index (χ2v) is 4.20. The number of hydrogen-bond acceptors (Lipinski definition) is 3. The normalized spacial score (nSPS) is 21.8. The Bertz CT molecular complexity index is 556. The van der Waals surface area contributed by atoms with Gasteiger partial charge in [-0.25, -0.2) is 4.39 Å². The highest BCUT2D eigenvalue weighted by Crippen LogP contribution is 2.26. The van der Waals surface area contributed by atoms with Crippen LogP contribution >= 0.6 is 0 Å². The minimum absolute atomic E-state index is 0.0128. The van der Waals surface area contributed by atoms with Crippen molar-refractivity contribution in [3.8, 4) is 0 Å². The van der Waals surface area contributed by atoms with Crippen LogP contribution in [0.3, 0.4) is 0 Å². The predicted octanol–water partition coefficient (Wildman–Crippen LogP) is 2.38. The molecule has 1 aliphatic heterocycles. The van der Waals surface area contributed by atoms with Crippen molar-refractivity contribution >= 4 is 17.9 Å². The van der Waals surface area contributed by atoms with E-state index in [1.165, 1.54) is 17.0 Å². The van der Waals surface area contributed by atoms with E-state index in [1.807, 2.05) is 0 Å². The van der Waals surface area contributed by atoms with Crippen molar-refractivity contribution in [1.29, 1.82) is 0 Å². The molecule has 0 aromatic heterocycles. The molecule has 0 bridgehead atoms. The lowest BCUT2D eigenvalue weighted by Crippen LogP contribution is -2.36. The van der Waals surface area contributed by atoms with Gasteiger partial charge in [-0.1, -0.05) is 23.3 Å². The molecule has 1 aliphatic rings. The lowest BCUT2D eigenvalue weighted by molar-refractivity contribution is -0.111. The molecular formula is C12H11FN4O2. The Balaban J connectivity index is 2.34. The molecule has 0 saturated carbocycles. The van der Waals surface area contributed by atoms with Crippen molar-refractivity contribution in [2.24, 2.45) is 5.11 Å². The highest BCUT2D eigenvalue weighted by molar-refractivity contribution is 6.00. The average molecular weight is 262 g/mol. The number of nitrogens with zero attached hydrogens (tertiary/aromatic N) is 4. The SMILES string of the molecule is [N-]=[N+]=Nc1ccccc1C(=O)N1C[C@H](F)C[C@H]1C=O. The summed E-state index contributed by atoms with van der Waals surface area (Å²) in [6.07, 6.45) is -0.627. The summed E-state index contributed by atoms with van der Waals surface area (Å²) < 4.78 is 13.3. The molecule has 0 aliphatic carbocycles. The van der Waals surface area contributed by atoms with Crippen LogP contribution in [0.2, 0.25) is 0 Å². The van der Waals surface area contributed by atoms with E-state index in [0.717, 1.165) is 0 Å². The van der Waals surface area contributed by atoms with Crippen LogP contribution in [0.1, 0.15) is 16.8 Å². The van der Waals surface area contributed by atoms with Crippen molar-refractivity contribution in [2.45, 2.75) is 18.6 Å². The molecule has 0 radical (unpaired) electrons. The largest absolute Gasteiger partial charge is 0.326 e. The molecule has 1 amide bonds. The Hall–Kier alpha value is -2.40. The summed E-state index contributed by atoms with van der Waals surface area (Å²) in [6, 6.07) is 5.45. The molecule has 7 heteroatoms. The van der Waals surface area contributed by atoms with Crippen LogP contribution in [0.4, 0.5) is 10.1 Å². The molecule has 1 saturated heterocycles. The number of aldehydes is 1. The molecule has 1 heterocycles. The fourth-order valence-electron chi connectivity index (χ4n) is 2.12. The van der Waals surface area contributed by atoms with Gasteiger partial charge in [0.05, 0.1) is 18.3 Å². The van der Waals surface area contributed by atoms with Crippen LogP contribution in [0.15, 0.2) is 29.4 Å². The Morgan fingerprint density at radius 1 is 1.53 bits per heavy atom.